The van der Waals surface area contributed by atoms with Crippen LogP contribution in [-0.4, -0.2) is 32.7 Å². The van der Waals surface area contributed by atoms with Gasteiger partial charge in [0, 0.05) is 32.4 Å². The molecular weight excluding hydrogens is 288 g/mol. The highest BCUT2D eigenvalue weighted by atomic mass is 16.5. The summed E-state index contributed by atoms with van der Waals surface area (Å²) in [5.41, 5.74) is 3.41. The van der Waals surface area contributed by atoms with Gasteiger partial charge in [0.25, 0.3) is 0 Å². The van der Waals surface area contributed by atoms with Crippen molar-refractivity contribution in [1.82, 2.24) is 5.32 Å². The third kappa shape index (κ3) is 6.71. The van der Waals surface area contributed by atoms with E-state index in [0.717, 1.165) is 25.3 Å². The highest BCUT2D eigenvalue weighted by molar-refractivity contribution is 5.92. The maximum Gasteiger partial charge on any atom is 0.225 e. The van der Waals surface area contributed by atoms with Crippen molar-refractivity contribution < 1.29 is 9.53 Å². The van der Waals surface area contributed by atoms with Crippen molar-refractivity contribution in [1.29, 1.82) is 0 Å². The third-order valence-corrected chi connectivity index (χ3v) is 3.87. The summed E-state index contributed by atoms with van der Waals surface area (Å²) < 4.78 is 5.00. The molecule has 130 valence electrons. The summed E-state index contributed by atoms with van der Waals surface area (Å²) in [6.45, 7) is 11.0. The maximum atomic E-state index is 12.3. The Morgan fingerprint density at radius 3 is 2.22 bits per heavy atom. The van der Waals surface area contributed by atoms with Gasteiger partial charge >= 0.3 is 0 Å². The molecular formula is C19H32N2O2. The average Bonchev–Trinajstić information content (AvgIpc) is 2.50. The molecule has 0 saturated carbocycles. The first-order chi connectivity index (χ1) is 11.0. The lowest BCUT2D eigenvalue weighted by atomic mass is 9.92. The van der Waals surface area contributed by atoms with Gasteiger partial charge in [-0.05, 0) is 35.9 Å². The van der Waals surface area contributed by atoms with E-state index in [9.17, 15) is 4.79 Å². The van der Waals surface area contributed by atoms with E-state index in [4.69, 9.17) is 4.74 Å². The van der Waals surface area contributed by atoms with Crippen molar-refractivity contribution >= 4 is 11.6 Å². The molecule has 1 aromatic rings. The molecule has 0 aliphatic carbocycles. The Morgan fingerprint density at radius 2 is 1.70 bits per heavy atom. The minimum atomic E-state index is 0.0687. The molecule has 1 amide bonds. The van der Waals surface area contributed by atoms with E-state index < -0.39 is 0 Å². The Labute approximate surface area is 141 Å². The second kappa shape index (κ2) is 10.4. The largest absolute Gasteiger partial charge is 0.385 e. The van der Waals surface area contributed by atoms with Crippen LogP contribution in [0.25, 0.3) is 0 Å². The van der Waals surface area contributed by atoms with E-state index >= 15 is 0 Å². The second-order valence-corrected chi connectivity index (χ2v) is 6.52. The van der Waals surface area contributed by atoms with Crippen LogP contribution in [0, 0.1) is 0 Å². The molecule has 23 heavy (non-hydrogen) atoms. The lowest BCUT2D eigenvalue weighted by Crippen LogP contribution is -2.24. The predicted molar refractivity (Wildman–Crippen MR) is 97.2 cm³/mol. The lowest BCUT2D eigenvalue weighted by molar-refractivity contribution is -0.116. The van der Waals surface area contributed by atoms with Gasteiger partial charge in [0.05, 0.1) is 0 Å². The van der Waals surface area contributed by atoms with E-state index in [1.807, 2.05) is 0 Å². The number of ether oxygens (including phenoxy) is 1. The van der Waals surface area contributed by atoms with Gasteiger partial charge in [-0.1, -0.05) is 45.9 Å². The van der Waals surface area contributed by atoms with Gasteiger partial charge in [-0.15, -0.1) is 0 Å². The first-order valence-electron chi connectivity index (χ1n) is 8.59. The van der Waals surface area contributed by atoms with E-state index in [-0.39, 0.29) is 5.91 Å². The fraction of sp³-hybridized carbons (Fsp3) is 0.632. The Kier molecular flexibility index (Phi) is 8.89. The maximum absolute atomic E-state index is 12.3. The molecule has 4 nitrogen and oxygen atoms in total. The topological polar surface area (TPSA) is 50.4 Å². The summed E-state index contributed by atoms with van der Waals surface area (Å²) >= 11 is 0. The molecule has 0 radical (unpaired) electrons. The number of carbonyl (C=O) groups excluding carboxylic acids is 1. The van der Waals surface area contributed by atoms with E-state index in [0.29, 0.717) is 24.8 Å². The second-order valence-electron chi connectivity index (χ2n) is 6.52. The van der Waals surface area contributed by atoms with Crippen molar-refractivity contribution in [2.24, 2.45) is 0 Å². The number of amides is 1. The number of nitrogens with one attached hydrogen (secondary N) is 2. The zero-order valence-corrected chi connectivity index (χ0v) is 15.2. The van der Waals surface area contributed by atoms with Crippen molar-refractivity contribution in [2.45, 2.75) is 52.4 Å². The minimum Gasteiger partial charge on any atom is -0.385 e. The summed E-state index contributed by atoms with van der Waals surface area (Å²) in [4.78, 5) is 12.3. The first-order valence-corrected chi connectivity index (χ1v) is 8.59. The Morgan fingerprint density at radius 1 is 1.09 bits per heavy atom. The smallest absolute Gasteiger partial charge is 0.225 e. The van der Waals surface area contributed by atoms with Crippen LogP contribution in [0.5, 0.6) is 0 Å². The number of hydrogen-bond donors (Lipinski definition) is 2. The normalized spacial score (nSPS) is 11.3. The zero-order valence-electron chi connectivity index (χ0n) is 15.2. The summed E-state index contributed by atoms with van der Waals surface area (Å²) in [6.07, 6.45) is 1.45. The van der Waals surface area contributed by atoms with Crippen molar-refractivity contribution in [3.63, 3.8) is 0 Å². The Bertz CT molecular complexity index is 458. The molecule has 0 aliphatic rings. The van der Waals surface area contributed by atoms with Crippen LogP contribution in [0.3, 0.4) is 0 Å². The lowest BCUT2D eigenvalue weighted by Gasteiger charge is -2.20. The van der Waals surface area contributed by atoms with Crippen LogP contribution in [0.15, 0.2) is 18.2 Å². The SMILES string of the molecule is COCCCNCCC(=O)Nc1c(C(C)C)cccc1C(C)C. The quantitative estimate of drug-likeness (QED) is 0.643. The van der Waals surface area contributed by atoms with Gasteiger partial charge in [0.2, 0.25) is 5.91 Å². The summed E-state index contributed by atoms with van der Waals surface area (Å²) in [5.74, 6) is 0.839. The van der Waals surface area contributed by atoms with Crippen LogP contribution >= 0.6 is 0 Å². The molecule has 1 rings (SSSR count). The molecule has 0 atom stereocenters. The highest BCUT2D eigenvalue weighted by Gasteiger charge is 2.15. The number of benzene rings is 1. The van der Waals surface area contributed by atoms with Crippen LogP contribution in [0.4, 0.5) is 5.69 Å². The number of hydrogen-bond acceptors (Lipinski definition) is 3. The van der Waals surface area contributed by atoms with Crippen LogP contribution < -0.4 is 10.6 Å². The van der Waals surface area contributed by atoms with Gasteiger partial charge in [0.15, 0.2) is 0 Å². The molecule has 4 heteroatoms. The van der Waals surface area contributed by atoms with E-state index in [1.54, 1.807) is 7.11 Å². The van der Waals surface area contributed by atoms with Crippen molar-refractivity contribution in [2.75, 3.05) is 32.1 Å². The van der Waals surface area contributed by atoms with Crippen LogP contribution in [0.2, 0.25) is 0 Å². The molecule has 0 aromatic heterocycles. The Hall–Kier alpha value is -1.39. The molecule has 0 saturated heterocycles. The molecule has 0 unspecified atom stereocenters. The average molecular weight is 320 g/mol. The van der Waals surface area contributed by atoms with Gasteiger partial charge in [-0.3, -0.25) is 4.79 Å². The molecule has 0 bridgehead atoms. The molecule has 1 aromatic carbocycles. The molecule has 2 N–H and O–H groups in total. The van der Waals surface area contributed by atoms with Gasteiger partial charge in [-0.2, -0.15) is 0 Å². The van der Waals surface area contributed by atoms with Gasteiger partial charge in [0.1, 0.15) is 0 Å². The van der Waals surface area contributed by atoms with E-state index in [1.165, 1.54) is 11.1 Å². The zero-order chi connectivity index (χ0) is 17.2. The molecule has 0 spiro atoms. The first kappa shape index (κ1) is 19.7. The van der Waals surface area contributed by atoms with Crippen molar-refractivity contribution in [3.05, 3.63) is 29.3 Å². The highest BCUT2D eigenvalue weighted by Crippen LogP contribution is 2.32. The standard InChI is InChI=1S/C19H32N2O2/c1-14(2)16-8-6-9-17(15(3)4)19(16)21-18(22)10-12-20-11-7-13-23-5/h6,8-9,14-15,20H,7,10-13H2,1-5H3,(H,21,22). The molecule has 0 fully saturated rings. The minimum absolute atomic E-state index is 0.0687. The van der Waals surface area contributed by atoms with Crippen molar-refractivity contribution in [3.8, 4) is 0 Å². The molecule has 0 aliphatic heterocycles. The number of anilines is 1. The Balaban J connectivity index is 2.63. The number of para-hydroxylation sites is 1. The monoisotopic (exact) mass is 320 g/mol. The van der Waals surface area contributed by atoms with Crippen LogP contribution in [-0.2, 0) is 9.53 Å². The fourth-order valence-electron chi connectivity index (χ4n) is 2.57. The summed E-state index contributed by atoms with van der Waals surface area (Å²) in [5, 5.41) is 6.41. The summed E-state index contributed by atoms with van der Waals surface area (Å²) in [6, 6.07) is 6.29. The number of methoxy groups -OCH3 is 1. The fourth-order valence-corrected chi connectivity index (χ4v) is 2.57. The van der Waals surface area contributed by atoms with Crippen LogP contribution in [0.1, 0.15) is 63.5 Å². The van der Waals surface area contributed by atoms with E-state index in [2.05, 4.69) is 56.5 Å². The number of rotatable bonds is 10. The predicted octanol–water partition coefficient (Wildman–Crippen LogP) is 3.89. The third-order valence-electron chi connectivity index (χ3n) is 3.87. The number of carbonyl (C=O) groups is 1. The molecule has 0 heterocycles. The summed E-state index contributed by atoms with van der Waals surface area (Å²) in [7, 11) is 1.70. The van der Waals surface area contributed by atoms with Gasteiger partial charge in [-0.25, -0.2) is 0 Å². The van der Waals surface area contributed by atoms with Gasteiger partial charge < -0.3 is 15.4 Å².